The van der Waals surface area contributed by atoms with Crippen LogP contribution in [0.2, 0.25) is 0 Å². The van der Waals surface area contributed by atoms with Gasteiger partial charge in [0.25, 0.3) is 5.91 Å². The summed E-state index contributed by atoms with van der Waals surface area (Å²) in [7, 11) is 0. The fraction of sp³-hybridized carbons (Fsp3) is 0.217. The molecule has 1 fully saturated rings. The maximum absolute atomic E-state index is 12.8. The van der Waals surface area contributed by atoms with Crippen LogP contribution in [0.25, 0.3) is 11.0 Å². The third-order valence-corrected chi connectivity index (χ3v) is 5.23. The van der Waals surface area contributed by atoms with Crippen molar-refractivity contribution in [1.82, 2.24) is 20.6 Å². The molecule has 0 unspecified atom stereocenters. The molecule has 164 valence electrons. The Morgan fingerprint density at radius 1 is 1.09 bits per heavy atom. The maximum Gasteiger partial charge on any atom is 0.257 e. The molecule has 3 heterocycles. The molecule has 0 aliphatic carbocycles. The molecule has 4 aromatic rings. The lowest BCUT2D eigenvalue weighted by atomic mass is 10.1. The minimum absolute atomic E-state index is 0. The Morgan fingerprint density at radius 2 is 1.88 bits per heavy atom. The SMILES string of the molecule is CC1(c2ccc(CNC(=O)c3cccnc3Oc3ccc4nonc4c3)cc2)OCCO1.[HH]. The van der Waals surface area contributed by atoms with Crippen molar-refractivity contribution in [2.24, 2.45) is 0 Å². The van der Waals surface area contributed by atoms with E-state index < -0.39 is 5.79 Å². The van der Waals surface area contributed by atoms with E-state index in [0.717, 1.165) is 11.1 Å². The first kappa shape index (κ1) is 20.1. The Kier molecular flexibility index (Phi) is 5.26. The van der Waals surface area contributed by atoms with Crippen molar-refractivity contribution >= 4 is 16.9 Å². The van der Waals surface area contributed by atoms with Crippen LogP contribution in [-0.2, 0) is 21.8 Å². The van der Waals surface area contributed by atoms with Gasteiger partial charge in [0.1, 0.15) is 22.3 Å². The van der Waals surface area contributed by atoms with E-state index in [2.05, 4.69) is 20.6 Å². The molecule has 1 aliphatic rings. The first-order chi connectivity index (χ1) is 15.6. The average Bonchev–Trinajstić information content (AvgIpc) is 3.47. The minimum atomic E-state index is -0.714. The Hall–Kier alpha value is -3.82. The fourth-order valence-corrected chi connectivity index (χ4v) is 3.47. The molecule has 32 heavy (non-hydrogen) atoms. The maximum atomic E-state index is 12.8. The minimum Gasteiger partial charge on any atom is -0.438 e. The lowest BCUT2D eigenvalue weighted by Gasteiger charge is -2.22. The summed E-state index contributed by atoms with van der Waals surface area (Å²) in [5.74, 6) is -0.341. The molecule has 1 amide bonds. The van der Waals surface area contributed by atoms with E-state index in [1.54, 1.807) is 36.5 Å². The van der Waals surface area contributed by atoms with Crippen LogP contribution >= 0.6 is 0 Å². The second-order valence-electron chi connectivity index (χ2n) is 7.40. The van der Waals surface area contributed by atoms with Crippen LogP contribution < -0.4 is 10.1 Å². The molecular weight excluding hydrogens is 412 g/mol. The number of fused-ring (bicyclic) bond motifs is 1. The molecule has 2 aromatic carbocycles. The van der Waals surface area contributed by atoms with E-state index in [1.165, 1.54) is 0 Å². The van der Waals surface area contributed by atoms with Crippen LogP contribution in [0.5, 0.6) is 11.6 Å². The number of aromatic nitrogens is 3. The zero-order valence-electron chi connectivity index (χ0n) is 17.3. The van der Waals surface area contributed by atoms with Gasteiger partial charge in [-0.2, -0.15) is 0 Å². The number of carbonyl (C=O) groups excluding carboxylic acids is 1. The van der Waals surface area contributed by atoms with Gasteiger partial charge in [0.2, 0.25) is 5.88 Å². The number of nitrogens with zero attached hydrogens (tertiary/aromatic N) is 3. The van der Waals surface area contributed by atoms with Crippen LogP contribution in [-0.4, -0.2) is 34.4 Å². The molecule has 1 saturated heterocycles. The van der Waals surface area contributed by atoms with Crippen molar-refractivity contribution in [2.75, 3.05) is 13.2 Å². The van der Waals surface area contributed by atoms with Crippen LogP contribution in [0.1, 0.15) is 29.8 Å². The molecule has 9 heteroatoms. The molecule has 9 nitrogen and oxygen atoms in total. The number of hydrogen-bond acceptors (Lipinski definition) is 8. The standard InChI is InChI=1S/C23H20N4O5.H2/c1-23(29-11-12-30-23)16-6-4-15(5-7-16)14-25-21(28)18-3-2-10-24-22(18)31-17-8-9-19-20(13-17)27-32-26-19;/h2-10,13H,11-12,14H2,1H3,(H,25,28);1H. The first-order valence-corrected chi connectivity index (χ1v) is 10.1. The van der Waals surface area contributed by atoms with Gasteiger partial charge in [0.05, 0.1) is 13.2 Å². The molecule has 0 spiro atoms. The smallest absolute Gasteiger partial charge is 0.257 e. The summed E-state index contributed by atoms with van der Waals surface area (Å²) in [6, 6.07) is 16.2. The molecular formula is C23H22N4O5. The third-order valence-electron chi connectivity index (χ3n) is 5.23. The van der Waals surface area contributed by atoms with Gasteiger partial charge >= 0.3 is 0 Å². The van der Waals surface area contributed by atoms with E-state index in [0.29, 0.717) is 42.1 Å². The van der Waals surface area contributed by atoms with E-state index >= 15 is 0 Å². The number of rotatable bonds is 6. The molecule has 5 rings (SSSR count). The molecule has 1 aliphatic heterocycles. The lowest BCUT2D eigenvalue weighted by molar-refractivity contribution is -0.149. The number of carbonyl (C=O) groups is 1. The topological polar surface area (TPSA) is 109 Å². The highest BCUT2D eigenvalue weighted by atomic mass is 16.7. The molecule has 2 aromatic heterocycles. The summed E-state index contributed by atoms with van der Waals surface area (Å²) in [6.07, 6.45) is 1.56. The van der Waals surface area contributed by atoms with Crippen LogP contribution in [0.4, 0.5) is 0 Å². The van der Waals surface area contributed by atoms with Gasteiger partial charge in [-0.05, 0) is 47.1 Å². The van der Waals surface area contributed by atoms with Crippen molar-refractivity contribution in [1.29, 1.82) is 0 Å². The third kappa shape index (κ3) is 4.03. The Morgan fingerprint density at radius 3 is 2.69 bits per heavy atom. The Balaban J connectivity index is 0.00000259. The lowest BCUT2D eigenvalue weighted by Crippen LogP contribution is -2.24. The highest BCUT2D eigenvalue weighted by molar-refractivity contribution is 5.96. The Bertz CT molecular complexity index is 1260. The summed E-state index contributed by atoms with van der Waals surface area (Å²) in [6.45, 7) is 3.40. The van der Waals surface area contributed by atoms with Gasteiger partial charge in [-0.3, -0.25) is 4.79 Å². The van der Waals surface area contributed by atoms with Gasteiger partial charge in [0, 0.05) is 25.8 Å². The second-order valence-corrected chi connectivity index (χ2v) is 7.40. The average molecular weight is 434 g/mol. The van der Waals surface area contributed by atoms with Gasteiger partial charge in [-0.15, -0.1) is 0 Å². The van der Waals surface area contributed by atoms with Crippen molar-refractivity contribution in [2.45, 2.75) is 19.3 Å². The normalized spacial score (nSPS) is 15.0. The first-order valence-electron chi connectivity index (χ1n) is 10.1. The van der Waals surface area contributed by atoms with E-state index in [9.17, 15) is 4.79 Å². The summed E-state index contributed by atoms with van der Waals surface area (Å²) in [5.41, 5.74) is 3.37. The molecule has 0 saturated carbocycles. The van der Waals surface area contributed by atoms with Gasteiger partial charge in [0.15, 0.2) is 5.79 Å². The number of nitrogens with one attached hydrogen (secondary N) is 1. The van der Waals surface area contributed by atoms with Crippen molar-refractivity contribution in [3.05, 3.63) is 77.5 Å². The summed E-state index contributed by atoms with van der Waals surface area (Å²) in [4.78, 5) is 17.0. The fourth-order valence-electron chi connectivity index (χ4n) is 3.47. The predicted octanol–water partition coefficient (Wildman–Crippen LogP) is 3.81. The highest BCUT2D eigenvalue weighted by Crippen LogP contribution is 2.31. The molecule has 0 atom stereocenters. The molecule has 0 radical (unpaired) electrons. The van der Waals surface area contributed by atoms with Crippen molar-refractivity contribution in [3.63, 3.8) is 0 Å². The summed E-state index contributed by atoms with van der Waals surface area (Å²) >= 11 is 0. The zero-order valence-corrected chi connectivity index (χ0v) is 17.3. The van der Waals surface area contributed by atoms with Crippen molar-refractivity contribution in [3.8, 4) is 11.6 Å². The van der Waals surface area contributed by atoms with Gasteiger partial charge < -0.3 is 19.5 Å². The zero-order chi connectivity index (χ0) is 22.0. The van der Waals surface area contributed by atoms with E-state index in [1.807, 2.05) is 31.2 Å². The molecule has 0 bridgehead atoms. The Labute approximate surface area is 184 Å². The van der Waals surface area contributed by atoms with Gasteiger partial charge in [-0.25, -0.2) is 9.61 Å². The quantitative estimate of drug-likeness (QED) is 0.488. The monoisotopic (exact) mass is 434 g/mol. The highest BCUT2D eigenvalue weighted by Gasteiger charge is 2.32. The largest absolute Gasteiger partial charge is 0.438 e. The number of ether oxygens (including phenoxy) is 3. The summed E-state index contributed by atoms with van der Waals surface area (Å²) < 4.78 is 21.9. The number of hydrogen-bond donors (Lipinski definition) is 1. The van der Waals surface area contributed by atoms with Gasteiger partial charge in [-0.1, -0.05) is 24.3 Å². The number of amides is 1. The van der Waals surface area contributed by atoms with Crippen LogP contribution in [0.3, 0.4) is 0 Å². The summed E-state index contributed by atoms with van der Waals surface area (Å²) in [5, 5.41) is 10.5. The van der Waals surface area contributed by atoms with E-state index in [4.69, 9.17) is 18.8 Å². The molecule has 1 N–H and O–H groups in total. The van der Waals surface area contributed by atoms with Crippen molar-refractivity contribution < 1.29 is 25.1 Å². The predicted molar refractivity (Wildman–Crippen MR) is 115 cm³/mol. The second kappa shape index (κ2) is 8.37. The number of benzene rings is 2. The van der Waals surface area contributed by atoms with Crippen LogP contribution in [0.15, 0.2) is 65.4 Å². The van der Waals surface area contributed by atoms with E-state index in [-0.39, 0.29) is 13.2 Å². The number of pyridine rings is 1. The van der Waals surface area contributed by atoms with Crippen LogP contribution in [0, 0.1) is 0 Å².